The highest BCUT2D eigenvalue weighted by molar-refractivity contribution is 5.34. The number of nitrogens with one attached hydrogen (secondary N) is 1. The second kappa shape index (κ2) is 6.72. The molecule has 2 rings (SSSR count). The average molecular weight is 287 g/mol. The van der Waals surface area contributed by atoms with Gasteiger partial charge in [-0.15, -0.1) is 0 Å². The van der Waals surface area contributed by atoms with E-state index in [1.54, 1.807) is 12.1 Å². The average Bonchev–Trinajstić information content (AvgIpc) is 2.48. The van der Waals surface area contributed by atoms with Gasteiger partial charge in [-0.1, -0.05) is 24.3 Å². The van der Waals surface area contributed by atoms with Gasteiger partial charge in [0.05, 0.1) is 7.11 Å². The van der Waals surface area contributed by atoms with E-state index in [0.29, 0.717) is 0 Å². The van der Waals surface area contributed by atoms with E-state index in [2.05, 4.69) is 37.4 Å². The van der Waals surface area contributed by atoms with Crippen LogP contribution in [-0.2, 0) is 6.42 Å². The van der Waals surface area contributed by atoms with Gasteiger partial charge in [0.1, 0.15) is 0 Å². The Morgan fingerprint density at radius 1 is 1.10 bits per heavy atom. The number of ether oxygens (including phenoxy) is 1. The van der Waals surface area contributed by atoms with Gasteiger partial charge in [0.25, 0.3) is 0 Å². The van der Waals surface area contributed by atoms with Crippen LogP contribution in [0.25, 0.3) is 0 Å². The summed E-state index contributed by atoms with van der Waals surface area (Å²) in [7, 11) is 3.37. The maximum absolute atomic E-state index is 13.9. The molecule has 1 atom stereocenters. The fraction of sp³-hybridized carbons (Fsp3) is 0.333. The van der Waals surface area contributed by atoms with Crippen molar-refractivity contribution in [3.63, 3.8) is 0 Å². The van der Waals surface area contributed by atoms with E-state index >= 15 is 0 Å². The highest BCUT2D eigenvalue weighted by atomic mass is 19.1. The Hall–Kier alpha value is -1.87. The fourth-order valence-corrected chi connectivity index (χ4v) is 2.45. The Morgan fingerprint density at radius 3 is 2.43 bits per heavy atom. The minimum Gasteiger partial charge on any atom is -0.494 e. The molecule has 1 unspecified atom stereocenters. The topological polar surface area (TPSA) is 21.3 Å². The Morgan fingerprint density at radius 2 is 1.86 bits per heavy atom. The molecule has 0 bridgehead atoms. The van der Waals surface area contributed by atoms with E-state index < -0.39 is 0 Å². The van der Waals surface area contributed by atoms with Crippen LogP contribution < -0.4 is 10.1 Å². The van der Waals surface area contributed by atoms with E-state index in [1.807, 2.05) is 13.1 Å². The van der Waals surface area contributed by atoms with Crippen molar-refractivity contribution in [1.82, 2.24) is 5.32 Å². The first-order chi connectivity index (χ1) is 10.0. The number of halogens is 1. The van der Waals surface area contributed by atoms with E-state index in [0.717, 1.165) is 12.0 Å². The van der Waals surface area contributed by atoms with Crippen molar-refractivity contribution in [3.05, 3.63) is 64.5 Å². The first-order valence-corrected chi connectivity index (χ1v) is 7.12. The summed E-state index contributed by atoms with van der Waals surface area (Å²) in [5.74, 6) is -0.0462. The zero-order chi connectivity index (χ0) is 15.4. The minimum atomic E-state index is -0.324. The van der Waals surface area contributed by atoms with E-state index in [-0.39, 0.29) is 17.6 Å². The van der Waals surface area contributed by atoms with Crippen molar-refractivity contribution in [3.8, 4) is 5.75 Å². The van der Waals surface area contributed by atoms with Crippen LogP contribution in [0.2, 0.25) is 0 Å². The predicted molar refractivity (Wildman–Crippen MR) is 84.4 cm³/mol. The lowest BCUT2D eigenvalue weighted by molar-refractivity contribution is 0.385. The molecule has 0 amide bonds. The van der Waals surface area contributed by atoms with E-state index in [1.165, 1.54) is 23.8 Å². The van der Waals surface area contributed by atoms with Crippen LogP contribution in [0.5, 0.6) is 5.75 Å². The molecule has 0 aliphatic rings. The maximum Gasteiger partial charge on any atom is 0.165 e. The van der Waals surface area contributed by atoms with Crippen LogP contribution in [-0.4, -0.2) is 14.2 Å². The van der Waals surface area contributed by atoms with Gasteiger partial charge in [0, 0.05) is 6.04 Å². The van der Waals surface area contributed by atoms with Gasteiger partial charge < -0.3 is 10.1 Å². The van der Waals surface area contributed by atoms with Crippen LogP contribution in [0.4, 0.5) is 4.39 Å². The van der Waals surface area contributed by atoms with Crippen molar-refractivity contribution in [2.24, 2.45) is 0 Å². The van der Waals surface area contributed by atoms with Gasteiger partial charge >= 0.3 is 0 Å². The van der Waals surface area contributed by atoms with Gasteiger partial charge in [-0.3, -0.25) is 0 Å². The van der Waals surface area contributed by atoms with Gasteiger partial charge in [-0.05, 0) is 61.7 Å². The van der Waals surface area contributed by atoms with Crippen molar-refractivity contribution in [2.75, 3.05) is 14.2 Å². The lowest BCUT2D eigenvalue weighted by Crippen LogP contribution is -2.19. The number of hydrogen-bond acceptors (Lipinski definition) is 2. The molecule has 0 aliphatic heterocycles. The SMILES string of the molecule is CNC(Cc1ccc(C)c(C)c1)c1ccc(OC)c(F)c1. The molecule has 0 fully saturated rings. The molecular formula is C18H22FNO. The van der Waals surface area contributed by atoms with Crippen LogP contribution in [0.1, 0.15) is 28.3 Å². The molecule has 0 saturated carbocycles. The third kappa shape index (κ3) is 3.61. The Kier molecular flexibility index (Phi) is 4.97. The number of aryl methyl sites for hydroxylation is 2. The molecule has 0 radical (unpaired) electrons. The summed E-state index contributed by atoms with van der Waals surface area (Å²) in [6, 6.07) is 11.7. The van der Waals surface area contributed by atoms with Crippen LogP contribution in [0.3, 0.4) is 0 Å². The number of rotatable bonds is 5. The van der Waals surface area contributed by atoms with Crippen LogP contribution in [0, 0.1) is 19.7 Å². The molecule has 2 aromatic carbocycles. The molecule has 112 valence electrons. The summed E-state index contributed by atoms with van der Waals surface area (Å²) in [5.41, 5.74) is 4.74. The van der Waals surface area contributed by atoms with Crippen molar-refractivity contribution >= 4 is 0 Å². The summed E-state index contributed by atoms with van der Waals surface area (Å²) in [6.07, 6.45) is 0.823. The summed E-state index contributed by atoms with van der Waals surface area (Å²) in [5, 5.41) is 3.26. The standard InChI is InChI=1S/C18H22FNO/c1-12-5-6-14(9-13(12)2)10-17(20-3)15-7-8-18(21-4)16(19)11-15/h5-9,11,17,20H,10H2,1-4H3. The van der Waals surface area contributed by atoms with Crippen molar-refractivity contribution < 1.29 is 9.13 Å². The monoisotopic (exact) mass is 287 g/mol. The second-order valence-corrected chi connectivity index (χ2v) is 5.36. The van der Waals surface area contributed by atoms with E-state index in [4.69, 9.17) is 4.74 Å². The molecule has 3 heteroatoms. The first kappa shape index (κ1) is 15.5. The minimum absolute atomic E-state index is 0.0764. The molecule has 0 aliphatic carbocycles. The van der Waals surface area contributed by atoms with Gasteiger partial charge in [0.2, 0.25) is 0 Å². The fourth-order valence-electron chi connectivity index (χ4n) is 2.45. The molecule has 0 saturated heterocycles. The Labute approximate surface area is 126 Å². The number of methoxy groups -OCH3 is 1. The lowest BCUT2D eigenvalue weighted by Gasteiger charge is -2.18. The summed E-state index contributed by atoms with van der Waals surface area (Å²) in [4.78, 5) is 0. The zero-order valence-corrected chi connectivity index (χ0v) is 13.0. The molecule has 1 N–H and O–H groups in total. The summed E-state index contributed by atoms with van der Waals surface area (Å²) < 4.78 is 18.8. The zero-order valence-electron chi connectivity index (χ0n) is 13.0. The molecule has 2 nitrogen and oxygen atoms in total. The highest BCUT2D eigenvalue weighted by Gasteiger charge is 2.13. The molecule has 0 aromatic heterocycles. The van der Waals surface area contributed by atoms with Gasteiger partial charge in [-0.2, -0.15) is 0 Å². The lowest BCUT2D eigenvalue weighted by atomic mass is 9.96. The van der Waals surface area contributed by atoms with Gasteiger partial charge in [0.15, 0.2) is 11.6 Å². The summed E-state index contributed by atoms with van der Waals surface area (Å²) >= 11 is 0. The summed E-state index contributed by atoms with van der Waals surface area (Å²) in [6.45, 7) is 4.22. The van der Waals surface area contributed by atoms with Crippen LogP contribution >= 0.6 is 0 Å². The molecule has 0 heterocycles. The normalized spacial score (nSPS) is 12.2. The molecule has 2 aromatic rings. The molecule has 0 spiro atoms. The number of hydrogen-bond donors (Lipinski definition) is 1. The maximum atomic E-state index is 13.9. The van der Waals surface area contributed by atoms with Crippen molar-refractivity contribution in [2.45, 2.75) is 26.3 Å². The molecular weight excluding hydrogens is 265 g/mol. The van der Waals surface area contributed by atoms with Gasteiger partial charge in [-0.25, -0.2) is 4.39 Å². The number of benzene rings is 2. The van der Waals surface area contributed by atoms with Crippen LogP contribution in [0.15, 0.2) is 36.4 Å². The first-order valence-electron chi connectivity index (χ1n) is 7.12. The third-order valence-electron chi connectivity index (χ3n) is 3.94. The van der Waals surface area contributed by atoms with Crippen molar-refractivity contribution in [1.29, 1.82) is 0 Å². The molecule has 21 heavy (non-hydrogen) atoms. The quantitative estimate of drug-likeness (QED) is 0.899. The Bertz CT molecular complexity index is 625. The third-order valence-corrected chi connectivity index (χ3v) is 3.94. The largest absolute Gasteiger partial charge is 0.494 e. The second-order valence-electron chi connectivity index (χ2n) is 5.36. The highest BCUT2D eigenvalue weighted by Crippen LogP contribution is 2.24. The number of likely N-dealkylation sites (N-methyl/N-ethyl adjacent to an activating group) is 1. The predicted octanol–water partition coefficient (Wildman–Crippen LogP) is 3.95. The smallest absolute Gasteiger partial charge is 0.165 e. The van der Waals surface area contributed by atoms with E-state index in [9.17, 15) is 4.39 Å². The Balaban J connectivity index is 2.23.